The van der Waals surface area contributed by atoms with E-state index in [0.29, 0.717) is 17.3 Å². The molecule has 0 aliphatic carbocycles. The molecule has 0 spiro atoms. The summed E-state index contributed by atoms with van der Waals surface area (Å²) in [7, 11) is 0. The molecule has 3 aromatic rings. The van der Waals surface area contributed by atoms with Gasteiger partial charge in [0.05, 0.1) is 16.7 Å². The van der Waals surface area contributed by atoms with Gasteiger partial charge in [0.15, 0.2) is 0 Å². The fourth-order valence-corrected chi connectivity index (χ4v) is 3.20. The maximum atomic E-state index is 6.16. The van der Waals surface area contributed by atoms with E-state index in [1.165, 1.54) is 5.56 Å². The summed E-state index contributed by atoms with van der Waals surface area (Å²) in [6, 6.07) is 11.9. The van der Waals surface area contributed by atoms with Gasteiger partial charge in [-0.1, -0.05) is 23.7 Å². The van der Waals surface area contributed by atoms with Gasteiger partial charge in [0.25, 0.3) is 0 Å². The molecule has 0 amide bonds. The lowest BCUT2D eigenvalue weighted by atomic mass is 10.2. The summed E-state index contributed by atoms with van der Waals surface area (Å²) in [4.78, 5) is 4.69. The van der Waals surface area contributed by atoms with Crippen molar-refractivity contribution in [3.8, 4) is 5.69 Å². The molecule has 0 aliphatic rings. The van der Waals surface area contributed by atoms with Crippen molar-refractivity contribution >= 4 is 50.2 Å². The number of fused-ring (bicyclic) bond motifs is 1. The number of aryl methyl sites for hydroxylation is 2. The predicted octanol–water partition coefficient (Wildman–Crippen LogP) is 5.53. The van der Waals surface area contributed by atoms with E-state index in [4.69, 9.17) is 23.2 Å². The lowest BCUT2D eigenvalue weighted by molar-refractivity contribution is 0.908. The van der Waals surface area contributed by atoms with E-state index in [2.05, 4.69) is 44.5 Å². The molecule has 1 aromatic heterocycles. The lowest BCUT2D eigenvalue weighted by Gasteiger charge is -2.12. The zero-order valence-electron chi connectivity index (χ0n) is 11.4. The van der Waals surface area contributed by atoms with Crippen molar-refractivity contribution in [1.29, 1.82) is 0 Å². The maximum absolute atomic E-state index is 6.16. The van der Waals surface area contributed by atoms with Crippen molar-refractivity contribution < 1.29 is 0 Å². The molecule has 0 unspecified atom stereocenters. The van der Waals surface area contributed by atoms with Crippen LogP contribution in [0.15, 0.2) is 40.9 Å². The minimum atomic E-state index is 0.528. The van der Waals surface area contributed by atoms with Crippen LogP contribution in [0.3, 0.4) is 0 Å². The van der Waals surface area contributed by atoms with Crippen LogP contribution in [-0.4, -0.2) is 15.4 Å². The molecular weight excluding hydrogens is 371 g/mol. The first-order valence-electron chi connectivity index (χ1n) is 6.60. The van der Waals surface area contributed by atoms with E-state index in [-0.39, 0.29) is 0 Å². The Labute approximate surface area is 141 Å². The van der Waals surface area contributed by atoms with Crippen LogP contribution in [0.1, 0.15) is 11.4 Å². The van der Waals surface area contributed by atoms with Gasteiger partial charge in [-0.3, -0.25) is 4.57 Å². The van der Waals surface area contributed by atoms with Gasteiger partial charge in [0.1, 0.15) is 5.82 Å². The third kappa shape index (κ3) is 2.70. The fourth-order valence-electron chi connectivity index (χ4n) is 2.42. The topological polar surface area (TPSA) is 17.8 Å². The molecule has 21 heavy (non-hydrogen) atoms. The molecule has 0 saturated heterocycles. The Kier molecular flexibility index (Phi) is 4.25. The van der Waals surface area contributed by atoms with Crippen LogP contribution in [0.5, 0.6) is 0 Å². The summed E-state index contributed by atoms with van der Waals surface area (Å²) in [5.74, 6) is 1.47. The van der Waals surface area contributed by atoms with E-state index in [9.17, 15) is 0 Å². The van der Waals surface area contributed by atoms with Gasteiger partial charge >= 0.3 is 0 Å². The Morgan fingerprint density at radius 2 is 2.05 bits per heavy atom. The van der Waals surface area contributed by atoms with Crippen molar-refractivity contribution in [1.82, 2.24) is 9.55 Å². The number of imidazole rings is 1. The lowest BCUT2D eigenvalue weighted by Crippen LogP contribution is -2.03. The number of hydrogen-bond donors (Lipinski definition) is 0. The highest BCUT2D eigenvalue weighted by atomic mass is 79.9. The third-order valence-corrected chi connectivity index (χ3v) is 4.87. The Hall–Kier alpha value is -1.03. The first-order chi connectivity index (χ1) is 10.1. The molecule has 0 fully saturated rings. The highest BCUT2D eigenvalue weighted by Gasteiger charge is 2.15. The van der Waals surface area contributed by atoms with Crippen LogP contribution in [0, 0.1) is 6.92 Å². The molecule has 0 bridgehead atoms. The van der Waals surface area contributed by atoms with Gasteiger partial charge in [0, 0.05) is 21.8 Å². The molecule has 3 rings (SSSR count). The largest absolute Gasteiger partial charge is 0.295 e. The second-order valence-corrected chi connectivity index (χ2v) is 6.45. The van der Waals surface area contributed by atoms with Gasteiger partial charge in [-0.25, -0.2) is 4.98 Å². The summed E-state index contributed by atoms with van der Waals surface area (Å²) < 4.78 is 3.18. The first kappa shape index (κ1) is 14.9. The van der Waals surface area contributed by atoms with Crippen molar-refractivity contribution in [2.75, 3.05) is 5.88 Å². The fraction of sp³-hybridized carbons (Fsp3) is 0.188. The second kappa shape index (κ2) is 5.99. The maximum Gasteiger partial charge on any atom is 0.115 e. The average molecular weight is 384 g/mol. The smallest absolute Gasteiger partial charge is 0.115 e. The monoisotopic (exact) mass is 382 g/mol. The number of hydrogen-bond acceptors (Lipinski definition) is 1. The second-order valence-electron chi connectivity index (χ2n) is 4.84. The molecule has 0 N–H and O–H groups in total. The Morgan fingerprint density at radius 1 is 1.24 bits per heavy atom. The summed E-state index contributed by atoms with van der Waals surface area (Å²) in [5, 5.41) is 0.699. The summed E-state index contributed by atoms with van der Waals surface area (Å²) in [6.07, 6.45) is 0.703. The van der Waals surface area contributed by atoms with Crippen molar-refractivity contribution in [3.63, 3.8) is 0 Å². The molecule has 2 nitrogen and oxygen atoms in total. The third-order valence-electron chi connectivity index (χ3n) is 3.42. The predicted molar refractivity (Wildman–Crippen MR) is 92.9 cm³/mol. The van der Waals surface area contributed by atoms with E-state index in [0.717, 1.165) is 27.0 Å². The van der Waals surface area contributed by atoms with Crippen LogP contribution in [0.4, 0.5) is 0 Å². The molecule has 0 saturated carbocycles. The molecule has 0 aliphatic heterocycles. The van der Waals surface area contributed by atoms with Crippen LogP contribution >= 0.6 is 39.1 Å². The van der Waals surface area contributed by atoms with Gasteiger partial charge in [-0.2, -0.15) is 0 Å². The average Bonchev–Trinajstić information content (AvgIpc) is 2.80. The van der Waals surface area contributed by atoms with Crippen LogP contribution in [0.25, 0.3) is 16.7 Å². The highest BCUT2D eigenvalue weighted by molar-refractivity contribution is 9.10. The zero-order valence-corrected chi connectivity index (χ0v) is 14.5. The summed E-state index contributed by atoms with van der Waals surface area (Å²) in [6.45, 7) is 2.07. The van der Waals surface area contributed by atoms with Crippen molar-refractivity contribution in [2.24, 2.45) is 0 Å². The molecule has 108 valence electrons. The van der Waals surface area contributed by atoms with E-state index < -0.39 is 0 Å². The number of rotatable bonds is 3. The quantitative estimate of drug-likeness (QED) is 0.543. The zero-order chi connectivity index (χ0) is 15.0. The number of halogens is 3. The summed E-state index contributed by atoms with van der Waals surface area (Å²) in [5.41, 5.74) is 4.15. The van der Waals surface area contributed by atoms with Crippen molar-refractivity contribution in [3.05, 3.63) is 57.3 Å². The number of aromatic nitrogens is 2. The number of nitrogens with zero attached hydrogens (tertiary/aromatic N) is 2. The Morgan fingerprint density at radius 3 is 2.81 bits per heavy atom. The first-order valence-corrected chi connectivity index (χ1v) is 8.30. The van der Waals surface area contributed by atoms with Gasteiger partial charge in [0.2, 0.25) is 0 Å². The van der Waals surface area contributed by atoms with Gasteiger partial charge < -0.3 is 0 Å². The Bertz CT molecular complexity index is 811. The van der Waals surface area contributed by atoms with E-state index in [1.807, 2.05) is 24.3 Å². The van der Waals surface area contributed by atoms with Crippen LogP contribution in [0.2, 0.25) is 5.02 Å². The molecule has 2 aromatic carbocycles. The Balaban J connectivity index is 2.35. The molecule has 0 radical (unpaired) electrons. The van der Waals surface area contributed by atoms with Crippen LogP contribution in [-0.2, 0) is 6.42 Å². The number of benzene rings is 2. The minimum Gasteiger partial charge on any atom is -0.295 e. The highest BCUT2D eigenvalue weighted by Crippen LogP contribution is 2.30. The van der Waals surface area contributed by atoms with Gasteiger partial charge in [-0.15, -0.1) is 11.6 Å². The normalized spacial score (nSPS) is 11.2. The number of alkyl halides is 1. The molecule has 5 heteroatoms. The SMILES string of the molecule is Cc1cccc(-n2c(CCCl)nc3ccc(Cl)cc32)c1Br. The molecule has 0 atom stereocenters. The molecular formula is C16H13BrCl2N2. The summed E-state index contributed by atoms with van der Waals surface area (Å²) >= 11 is 15.8. The van der Waals surface area contributed by atoms with Crippen LogP contribution < -0.4 is 0 Å². The van der Waals surface area contributed by atoms with E-state index in [1.54, 1.807) is 0 Å². The van der Waals surface area contributed by atoms with E-state index >= 15 is 0 Å². The minimum absolute atomic E-state index is 0.528. The van der Waals surface area contributed by atoms with Gasteiger partial charge in [-0.05, 0) is 52.7 Å². The van der Waals surface area contributed by atoms with Crippen molar-refractivity contribution in [2.45, 2.75) is 13.3 Å². The molecule has 1 heterocycles. The standard InChI is InChI=1S/C16H13BrCl2N2/c1-10-3-2-4-13(16(10)17)21-14-9-11(19)5-6-12(14)20-15(21)7-8-18/h2-6,9H,7-8H2,1H3.